The zero-order chi connectivity index (χ0) is 17.3. The fourth-order valence-corrected chi connectivity index (χ4v) is 9.84. The number of allylic oxidation sites excluding steroid dienone is 4. The van der Waals surface area contributed by atoms with Gasteiger partial charge >= 0.3 is 0 Å². The van der Waals surface area contributed by atoms with Crippen LogP contribution in [0.4, 0.5) is 0 Å². The molecule has 3 aliphatic rings. The van der Waals surface area contributed by atoms with E-state index in [1.165, 1.54) is 0 Å². The Labute approximate surface area is 185 Å². The van der Waals surface area contributed by atoms with Crippen molar-refractivity contribution in [3.8, 4) is 0 Å². The van der Waals surface area contributed by atoms with E-state index in [-0.39, 0.29) is 20.1 Å². The molecular formula is C10Cl12. The van der Waals surface area contributed by atoms with Gasteiger partial charge < -0.3 is 0 Å². The molecular weight excluding hydrogens is 546 g/mol. The number of halogens is 12. The first-order chi connectivity index (χ1) is 9.63. The molecule has 1 fully saturated rings. The number of fused-ring (bicyclic) bond motifs is 5. The second kappa shape index (κ2) is 4.86. The fourth-order valence-electron chi connectivity index (χ4n) is 3.20. The lowest BCUT2D eigenvalue weighted by Crippen LogP contribution is -2.64. The first kappa shape index (κ1) is 19.7. The van der Waals surface area contributed by atoms with Crippen molar-refractivity contribution in [3.63, 3.8) is 0 Å². The molecule has 124 valence electrons. The Hall–Kier alpha value is 2.96. The zero-order valence-electron chi connectivity index (χ0n) is 9.54. The molecule has 3 rings (SSSR count). The van der Waals surface area contributed by atoms with Crippen molar-refractivity contribution in [1.29, 1.82) is 0 Å². The minimum absolute atomic E-state index is 0.212. The van der Waals surface area contributed by atoms with E-state index < -0.39 is 28.2 Å². The van der Waals surface area contributed by atoms with Gasteiger partial charge in [0.2, 0.25) is 0 Å². The summed E-state index contributed by atoms with van der Waals surface area (Å²) in [7, 11) is 0. The van der Waals surface area contributed by atoms with Gasteiger partial charge in [0.05, 0.1) is 20.1 Å². The summed E-state index contributed by atoms with van der Waals surface area (Å²) in [4.78, 5) is -8.18. The molecule has 0 N–H and O–H groups in total. The molecule has 0 amide bonds. The third kappa shape index (κ3) is 1.40. The number of rotatable bonds is 0. The van der Waals surface area contributed by atoms with Gasteiger partial charge in [-0.15, -0.1) is 46.4 Å². The minimum Gasteiger partial charge on any atom is -0.111 e. The lowest BCUT2D eigenvalue weighted by Gasteiger charge is -2.48. The van der Waals surface area contributed by atoms with Gasteiger partial charge in [-0.05, 0) is 0 Å². The highest BCUT2D eigenvalue weighted by Gasteiger charge is 2.99. The van der Waals surface area contributed by atoms with Crippen LogP contribution in [0.15, 0.2) is 20.1 Å². The molecule has 0 nitrogen and oxygen atoms in total. The molecule has 0 unspecified atom stereocenters. The molecule has 0 aromatic rings. The summed E-state index contributed by atoms with van der Waals surface area (Å²) in [6, 6.07) is 0. The van der Waals surface area contributed by atoms with Crippen LogP contribution in [0.3, 0.4) is 0 Å². The first-order valence-electron chi connectivity index (χ1n) is 5.27. The van der Waals surface area contributed by atoms with Crippen molar-refractivity contribution >= 4 is 139 Å². The molecule has 22 heavy (non-hydrogen) atoms. The van der Waals surface area contributed by atoms with Crippen LogP contribution in [-0.4, -0.2) is 28.2 Å². The molecule has 0 aromatic carbocycles. The van der Waals surface area contributed by atoms with Gasteiger partial charge in [-0.3, -0.25) is 0 Å². The SMILES string of the molecule is ClC1=C(Cl)[C@@]2(Cl)[C@@](Cl)(C1(Cl)Cl)[C@@]1(Cl)C(Cl)=C(Cl)[C@]2(Cl)C1(Cl)Cl. The van der Waals surface area contributed by atoms with E-state index in [2.05, 4.69) is 0 Å². The highest BCUT2D eigenvalue weighted by molar-refractivity contribution is 6.75. The molecule has 0 heterocycles. The second-order valence-corrected chi connectivity index (χ2v) is 11.5. The third-order valence-electron chi connectivity index (χ3n) is 4.29. The van der Waals surface area contributed by atoms with Gasteiger partial charge in [-0.2, -0.15) is 0 Å². The van der Waals surface area contributed by atoms with Gasteiger partial charge in [-0.25, -0.2) is 0 Å². The molecule has 0 radical (unpaired) electrons. The van der Waals surface area contributed by atoms with Gasteiger partial charge in [0.25, 0.3) is 0 Å². The van der Waals surface area contributed by atoms with Crippen LogP contribution in [0.1, 0.15) is 0 Å². The van der Waals surface area contributed by atoms with Crippen LogP contribution >= 0.6 is 139 Å². The maximum absolute atomic E-state index is 6.69. The van der Waals surface area contributed by atoms with Crippen molar-refractivity contribution < 1.29 is 0 Å². The van der Waals surface area contributed by atoms with E-state index in [4.69, 9.17) is 139 Å². The highest BCUT2D eigenvalue weighted by Crippen LogP contribution is 2.88. The highest BCUT2D eigenvalue weighted by atomic mass is 35.5. The summed E-state index contributed by atoms with van der Waals surface area (Å²) in [6.45, 7) is 0. The maximum Gasteiger partial charge on any atom is 0.178 e. The molecule has 3 aliphatic carbocycles. The first-order valence-corrected chi connectivity index (χ1v) is 9.80. The summed E-state index contributed by atoms with van der Waals surface area (Å²) in [5, 5.41) is -0.974. The maximum atomic E-state index is 6.69. The second-order valence-electron chi connectivity index (χ2n) is 5.04. The smallest absolute Gasteiger partial charge is 0.111 e. The van der Waals surface area contributed by atoms with Crippen LogP contribution < -0.4 is 0 Å². The van der Waals surface area contributed by atoms with Crippen molar-refractivity contribution in [2.75, 3.05) is 0 Å². The summed E-state index contributed by atoms with van der Waals surface area (Å²) < 4.78 is -4.17. The van der Waals surface area contributed by atoms with E-state index in [9.17, 15) is 0 Å². The van der Waals surface area contributed by atoms with E-state index in [0.29, 0.717) is 0 Å². The molecule has 12 heteroatoms. The lowest BCUT2D eigenvalue weighted by molar-refractivity contribution is 0.460. The van der Waals surface area contributed by atoms with Crippen molar-refractivity contribution in [1.82, 2.24) is 0 Å². The Morgan fingerprint density at radius 1 is 0.455 bits per heavy atom. The van der Waals surface area contributed by atoms with Crippen molar-refractivity contribution in [3.05, 3.63) is 20.1 Å². The number of hydrogen-bond acceptors (Lipinski definition) is 0. The lowest BCUT2D eigenvalue weighted by atomic mass is 9.82. The summed E-state index contributed by atoms with van der Waals surface area (Å²) in [5.41, 5.74) is 0. The summed E-state index contributed by atoms with van der Waals surface area (Å²) >= 11 is 76.8. The van der Waals surface area contributed by atoms with E-state index in [1.807, 2.05) is 0 Å². The van der Waals surface area contributed by atoms with Crippen LogP contribution in [0.25, 0.3) is 0 Å². The van der Waals surface area contributed by atoms with Crippen LogP contribution in [0.2, 0.25) is 0 Å². The minimum atomic E-state index is -2.09. The topological polar surface area (TPSA) is 0 Å². The monoisotopic (exact) mass is 540 g/mol. The Kier molecular flexibility index (Phi) is 4.36. The average Bonchev–Trinajstić information content (AvgIpc) is 2.65. The molecule has 0 aliphatic heterocycles. The Morgan fingerprint density at radius 2 is 0.818 bits per heavy atom. The molecule has 2 bridgehead atoms. The van der Waals surface area contributed by atoms with E-state index in [0.717, 1.165) is 0 Å². The van der Waals surface area contributed by atoms with Crippen LogP contribution in [0, 0.1) is 0 Å². The van der Waals surface area contributed by atoms with E-state index in [1.54, 1.807) is 0 Å². The van der Waals surface area contributed by atoms with E-state index >= 15 is 0 Å². The Bertz CT molecular complexity index is 677. The largest absolute Gasteiger partial charge is 0.178 e. The predicted octanol–water partition coefficient (Wildman–Crippen LogP) is 7.66. The molecule has 1 saturated carbocycles. The fraction of sp³-hybridized carbons (Fsp3) is 0.600. The van der Waals surface area contributed by atoms with Crippen molar-refractivity contribution in [2.24, 2.45) is 0 Å². The van der Waals surface area contributed by atoms with Gasteiger partial charge in [0, 0.05) is 0 Å². The summed E-state index contributed by atoms with van der Waals surface area (Å²) in [6.07, 6.45) is 0. The van der Waals surface area contributed by atoms with Crippen LogP contribution in [-0.2, 0) is 0 Å². The summed E-state index contributed by atoms with van der Waals surface area (Å²) in [5.74, 6) is 0. The molecule has 4 atom stereocenters. The van der Waals surface area contributed by atoms with Gasteiger partial charge in [-0.1, -0.05) is 92.8 Å². The third-order valence-corrected chi connectivity index (χ3v) is 12.9. The Balaban J connectivity index is 2.57. The average molecular weight is 546 g/mol. The number of alkyl halides is 8. The molecule has 0 saturated heterocycles. The van der Waals surface area contributed by atoms with Gasteiger partial charge in [0.15, 0.2) is 8.67 Å². The standard InChI is InChI=1S/C10Cl12/c11-1-2(12)7(17)9(20)5(15,6(1,16)10(7,21)22)3(13)4(14)8(9,18)19/t5-,6+,7-,9-/m0/s1. The number of hydrogen-bond donors (Lipinski definition) is 0. The molecule has 0 spiro atoms. The van der Waals surface area contributed by atoms with Gasteiger partial charge in [0.1, 0.15) is 19.5 Å². The predicted molar refractivity (Wildman–Crippen MR) is 101 cm³/mol. The quantitative estimate of drug-likeness (QED) is 0.274. The Morgan fingerprint density at radius 3 is 1.27 bits per heavy atom. The normalized spacial score (nSPS) is 51.8. The van der Waals surface area contributed by atoms with Crippen LogP contribution in [0.5, 0.6) is 0 Å². The molecule has 0 aromatic heterocycles. The zero-order valence-corrected chi connectivity index (χ0v) is 18.6. The van der Waals surface area contributed by atoms with Crippen molar-refractivity contribution in [2.45, 2.75) is 28.2 Å².